The van der Waals surface area contributed by atoms with E-state index in [-0.39, 0.29) is 0 Å². The highest BCUT2D eigenvalue weighted by Gasteiger charge is 2.20. The van der Waals surface area contributed by atoms with E-state index in [9.17, 15) is 0 Å². The zero-order valence-electron chi connectivity index (χ0n) is 13.4. The molecule has 0 aliphatic carbocycles. The van der Waals surface area contributed by atoms with E-state index in [1.54, 1.807) is 0 Å². The molecule has 1 N–H and O–H groups in total. The summed E-state index contributed by atoms with van der Waals surface area (Å²) in [6.45, 7) is 14.5. The molecule has 0 spiro atoms. The molecule has 1 aromatic heterocycles. The summed E-state index contributed by atoms with van der Waals surface area (Å²) < 4.78 is 2.17. The Morgan fingerprint density at radius 1 is 1.21 bits per heavy atom. The monoisotopic (exact) mass is 265 g/mol. The maximum atomic E-state index is 4.64. The minimum Gasteiger partial charge on any atom is -0.317 e. The van der Waals surface area contributed by atoms with Gasteiger partial charge in [-0.3, -0.25) is 4.68 Å². The van der Waals surface area contributed by atoms with Gasteiger partial charge in [-0.15, -0.1) is 0 Å². The number of nitrogens with one attached hydrogen (secondary N) is 1. The van der Waals surface area contributed by atoms with Crippen molar-refractivity contribution in [2.45, 2.75) is 66.8 Å². The minimum absolute atomic E-state index is 0.332. The van der Waals surface area contributed by atoms with E-state index in [0.717, 1.165) is 32.5 Å². The van der Waals surface area contributed by atoms with Gasteiger partial charge in [0.2, 0.25) is 0 Å². The highest BCUT2D eigenvalue weighted by atomic mass is 15.3. The molecule has 0 bridgehead atoms. The third-order valence-corrected chi connectivity index (χ3v) is 3.64. The number of aryl methyl sites for hydroxylation is 2. The molecule has 3 heteroatoms. The van der Waals surface area contributed by atoms with Crippen LogP contribution in [0.4, 0.5) is 0 Å². The van der Waals surface area contributed by atoms with Crippen LogP contribution >= 0.6 is 0 Å². The number of hydrogen-bond acceptors (Lipinski definition) is 2. The Labute approximate surface area is 118 Å². The first-order valence-corrected chi connectivity index (χ1v) is 7.78. The van der Waals surface area contributed by atoms with E-state index in [1.807, 2.05) is 0 Å². The maximum absolute atomic E-state index is 4.64. The number of hydrogen-bond donors (Lipinski definition) is 1. The van der Waals surface area contributed by atoms with Crippen LogP contribution in [0.1, 0.15) is 58.8 Å². The largest absolute Gasteiger partial charge is 0.317 e. The van der Waals surface area contributed by atoms with Crippen molar-refractivity contribution in [2.24, 2.45) is 5.41 Å². The lowest BCUT2D eigenvalue weighted by Gasteiger charge is -2.25. The van der Waals surface area contributed by atoms with Crippen LogP contribution in [0.2, 0.25) is 0 Å². The molecular formula is C16H31N3. The van der Waals surface area contributed by atoms with Crippen molar-refractivity contribution < 1.29 is 0 Å². The third kappa shape index (κ3) is 5.35. The minimum atomic E-state index is 0.332. The van der Waals surface area contributed by atoms with Crippen LogP contribution in [0.15, 0.2) is 6.07 Å². The van der Waals surface area contributed by atoms with Crippen molar-refractivity contribution in [3.63, 3.8) is 0 Å². The molecule has 0 saturated carbocycles. The van der Waals surface area contributed by atoms with E-state index < -0.39 is 0 Å². The van der Waals surface area contributed by atoms with Gasteiger partial charge in [-0.05, 0) is 57.2 Å². The van der Waals surface area contributed by atoms with Crippen LogP contribution < -0.4 is 5.32 Å². The van der Waals surface area contributed by atoms with Gasteiger partial charge in [0.05, 0.1) is 5.69 Å². The Hall–Kier alpha value is -0.830. The summed E-state index contributed by atoms with van der Waals surface area (Å²) in [7, 11) is 0. The third-order valence-electron chi connectivity index (χ3n) is 3.64. The average Bonchev–Trinajstić information content (AvgIpc) is 2.76. The quantitative estimate of drug-likeness (QED) is 0.693. The molecule has 110 valence electrons. The Morgan fingerprint density at radius 2 is 1.95 bits per heavy atom. The standard InChI is InChI=1S/C16H31N3/c1-6-10-17-11-9-16(4,5)13-15-12-14(7-2)18-19(15)8-3/h12,17H,6-11,13H2,1-5H3. The first-order valence-electron chi connectivity index (χ1n) is 7.78. The van der Waals surface area contributed by atoms with Gasteiger partial charge in [-0.25, -0.2) is 0 Å². The second-order valence-electron chi connectivity index (χ2n) is 6.14. The van der Waals surface area contributed by atoms with Crippen molar-refractivity contribution >= 4 is 0 Å². The molecule has 1 aromatic rings. The van der Waals surface area contributed by atoms with E-state index >= 15 is 0 Å². The lowest BCUT2D eigenvalue weighted by molar-refractivity contribution is 0.316. The summed E-state index contributed by atoms with van der Waals surface area (Å²) in [6.07, 6.45) is 4.56. The molecule has 3 nitrogen and oxygen atoms in total. The first-order chi connectivity index (χ1) is 9.02. The molecule has 1 heterocycles. The summed E-state index contributed by atoms with van der Waals surface area (Å²) in [4.78, 5) is 0. The summed E-state index contributed by atoms with van der Waals surface area (Å²) in [6, 6.07) is 2.28. The van der Waals surface area contributed by atoms with Crippen molar-refractivity contribution in [3.8, 4) is 0 Å². The Morgan fingerprint density at radius 3 is 2.53 bits per heavy atom. The lowest BCUT2D eigenvalue weighted by atomic mass is 9.84. The summed E-state index contributed by atoms with van der Waals surface area (Å²) in [5, 5.41) is 8.14. The van der Waals surface area contributed by atoms with Gasteiger partial charge in [0.15, 0.2) is 0 Å². The van der Waals surface area contributed by atoms with Crippen LogP contribution in [-0.4, -0.2) is 22.9 Å². The van der Waals surface area contributed by atoms with Crippen LogP contribution in [0.5, 0.6) is 0 Å². The van der Waals surface area contributed by atoms with Gasteiger partial charge in [-0.1, -0.05) is 27.7 Å². The maximum Gasteiger partial charge on any atom is 0.0624 e. The molecule has 0 radical (unpaired) electrons. The number of nitrogens with zero attached hydrogens (tertiary/aromatic N) is 2. The Kier molecular flexibility index (Phi) is 6.56. The fourth-order valence-corrected chi connectivity index (χ4v) is 2.41. The summed E-state index contributed by atoms with van der Waals surface area (Å²) in [5.41, 5.74) is 2.94. The predicted molar refractivity (Wildman–Crippen MR) is 82.5 cm³/mol. The fraction of sp³-hybridized carbons (Fsp3) is 0.812. The molecule has 0 atom stereocenters. The first kappa shape index (κ1) is 16.2. The van der Waals surface area contributed by atoms with Gasteiger partial charge >= 0.3 is 0 Å². The van der Waals surface area contributed by atoms with Crippen molar-refractivity contribution in [2.75, 3.05) is 13.1 Å². The van der Waals surface area contributed by atoms with Crippen molar-refractivity contribution in [3.05, 3.63) is 17.5 Å². The highest BCUT2D eigenvalue weighted by molar-refractivity contribution is 5.12. The molecule has 1 rings (SSSR count). The molecule has 0 aliphatic rings. The van der Waals surface area contributed by atoms with E-state index in [4.69, 9.17) is 0 Å². The predicted octanol–water partition coefficient (Wildman–Crippen LogP) is 3.42. The van der Waals surface area contributed by atoms with E-state index in [2.05, 4.69) is 55.8 Å². The van der Waals surface area contributed by atoms with Crippen LogP contribution in [0.3, 0.4) is 0 Å². The smallest absolute Gasteiger partial charge is 0.0624 e. The molecule has 19 heavy (non-hydrogen) atoms. The second kappa shape index (κ2) is 7.68. The number of rotatable bonds is 9. The molecule has 0 fully saturated rings. The molecule has 0 saturated heterocycles. The zero-order chi connectivity index (χ0) is 14.3. The Bertz CT molecular complexity index is 366. The molecule has 0 amide bonds. The van der Waals surface area contributed by atoms with E-state index in [0.29, 0.717) is 5.41 Å². The van der Waals surface area contributed by atoms with Crippen LogP contribution in [-0.2, 0) is 19.4 Å². The van der Waals surface area contributed by atoms with Crippen LogP contribution in [0.25, 0.3) is 0 Å². The normalized spacial score (nSPS) is 12.1. The Balaban J connectivity index is 2.58. The van der Waals surface area contributed by atoms with Gasteiger partial charge < -0.3 is 5.32 Å². The fourth-order valence-electron chi connectivity index (χ4n) is 2.41. The highest BCUT2D eigenvalue weighted by Crippen LogP contribution is 2.26. The van der Waals surface area contributed by atoms with Gasteiger partial charge in [0.25, 0.3) is 0 Å². The summed E-state index contributed by atoms with van der Waals surface area (Å²) in [5.74, 6) is 0. The molecular weight excluding hydrogens is 234 g/mol. The van der Waals surface area contributed by atoms with Gasteiger partial charge in [0, 0.05) is 12.2 Å². The average molecular weight is 265 g/mol. The van der Waals surface area contributed by atoms with Crippen molar-refractivity contribution in [1.29, 1.82) is 0 Å². The number of aromatic nitrogens is 2. The zero-order valence-corrected chi connectivity index (χ0v) is 13.4. The molecule has 0 aromatic carbocycles. The lowest BCUT2D eigenvalue weighted by Crippen LogP contribution is -2.25. The molecule has 0 unspecified atom stereocenters. The van der Waals surface area contributed by atoms with Crippen molar-refractivity contribution in [1.82, 2.24) is 15.1 Å². The second-order valence-corrected chi connectivity index (χ2v) is 6.14. The molecule has 0 aliphatic heterocycles. The topological polar surface area (TPSA) is 29.9 Å². The SMILES string of the molecule is CCCNCCC(C)(C)Cc1cc(CC)nn1CC. The van der Waals surface area contributed by atoms with Gasteiger partial charge in [0.1, 0.15) is 0 Å². The van der Waals surface area contributed by atoms with Gasteiger partial charge in [-0.2, -0.15) is 5.10 Å². The summed E-state index contributed by atoms with van der Waals surface area (Å²) >= 11 is 0. The van der Waals surface area contributed by atoms with Crippen LogP contribution in [0, 0.1) is 5.41 Å². The van der Waals surface area contributed by atoms with E-state index in [1.165, 1.54) is 24.2 Å².